The Balaban J connectivity index is 1.45. The van der Waals surface area contributed by atoms with Crippen LogP contribution in [0.5, 0.6) is 0 Å². The van der Waals surface area contributed by atoms with Crippen molar-refractivity contribution < 1.29 is 9.59 Å². The summed E-state index contributed by atoms with van der Waals surface area (Å²) in [5, 5.41) is 8.28. The number of hydrogen-bond donors (Lipinski definition) is 2. The first-order valence-electron chi connectivity index (χ1n) is 9.67. The maximum Gasteiger partial charge on any atom is 0.257 e. The number of carbonyl (C=O) groups is 2. The fourth-order valence-electron chi connectivity index (χ4n) is 3.49. The number of nitrogens with zero attached hydrogens (tertiary/aromatic N) is 1. The molecule has 29 heavy (non-hydrogen) atoms. The molecule has 1 saturated carbocycles. The van der Waals surface area contributed by atoms with Gasteiger partial charge >= 0.3 is 0 Å². The van der Waals surface area contributed by atoms with Gasteiger partial charge in [0.15, 0.2) is 5.13 Å². The molecule has 6 heteroatoms. The van der Waals surface area contributed by atoms with E-state index in [1.165, 1.54) is 28.0 Å². The lowest BCUT2D eigenvalue weighted by Gasteiger charge is -2.09. The number of rotatable bonds is 5. The molecule has 1 heterocycles. The summed E-state index contributed by atoms with van der Waals surface area (Å²) in [4.78, 5) is 29.0. The number of nitrogens with one attached hydrogen (secondary N) is 2. The molecule has 0 aliphatic heterocycles. The first-order chi connectivity index (χ1) is 13.9. The zero-order chi connectivity index (χ0) is 20.5. The summed E-state index contributed by atoms with van der Waals surface area (Å²) in [6, 6.07) is 11.2. The maximum atomic E-state index is 12.6. The van der Waals surface area contributed by atoms with Crippen LogP contribution in [0.15, 0.2) is 41.8 Å². The Morgan fingerprint density at radius 2 is 1.66 bits per heavy atom. The largest absolute Gasteiger partial charge is 0.326 e. The summed E-state index contributed by atoms with van der Waals surface area (Å²) >= 11 is 1.41. The van der Waals surface area contributed by atoms with Crippen LogP contribution in [-0.2, 0) is 4.79 Å². The van der Waals surface area contributed by atoms with Crippen LogP contribution < -0.4 is 10.6 Å². The number of aryl methyl sites for hydroxylation is 3. The average molecular weight is 406 g/mol. The second-order valence-electron chi connectivity index (χ2n) is 7.61. The molecule has 3 aromatic rings. The van der Waals surface area contributed by atoms with Gasteiger partial charge < -0.3 is 5.32 Å². The van der Waals surface area contributed by atoms with Gasteiger partial charge in [-0.25, -0.2) is 4.98 Å². The Hall–Kier alpha value is -2.99. The number of carbonyl (C=O) groups excluding carboxylic acids is 2. The number of thiazole rings is 1. The fraction of sp³-hybridized carbons (Fsp3) is 0.261. The Morgan fingerprint density at radius 3 is 2.28 bits per heavy atom. The average Bonchev–Trinajstić information content (AvgIpc) is 3.43. The molecule has 0 bridgehead atoms. The number of benzene rings is 2. The van der Waals surface area contributed by atoms with Crippen LogP contribution in [0.2, 0.25) is 0 Å². The first-order valence-corrected chi connectivity index (χ1v) is 10.5. The normalized spacial score (nSPS) is 13.2. The summed E-state index contributed by atoms with van der Waals surface area (Å²) in [5.74, 6) is -0.0135. The van der Waals surface area contributed by atoms with Crippen molar-refractivity contribution in [3.8, 4) is 11.3 Å². The minimum atomic E-state index is -0.219. The van der Waals surface area contributed by atoms with Crippen molar-refractivity contribution >= 4 is 34.0 Å². The van der Waals surface area contributed by atoms with Crippen LogP contribution in [0, 0.1) is 26.7 Å². The van der Waals surface area contributed by atoms with Crippen molar-refractivity contribution in [1.29, 1.82) is 0 Å². The molecule has 5 nitrogen and oxygen atoms in total. The molecular formula is C23H23N3O2S. The van der Waals surface area contributed by atoms with E-state index in [0.29, 0.717) is 16.4 Å². The molecule has 0 spiro atoms. The topological polar surface area (TPSA) is 71.1 Å². The molecule has 1 aliphatic rings. The van der Waals surface area contributed by atoms with Crippen molar-refractivity contribution in [2.45, 2.75) is 33.6 Å². The Labute approximate surface area is 174 Å². The highest BCUT2D eigenvalue weighted by Gasteiger charge is 2.29. The predicted octanol–water partition coefficient (Wildman–Crippen LogP) is 5.34. The highest BCUT2D eigenvalue weighted by Crippen LogP contribution is 2.32. The lowest BCUT2D eigenvalue weighted by atomic mass is 9.98. The summed E-state index contributed by atoms with van der Waals surface area (Å²) in [6.07, 6.45) is 1.92. The Morgan fingerprint density at radius 1 is 1.00 bits per heavy atom. The van der Waals surface area contributed by atoms with Crippen LogP contribution in [0.4, 0.5) is 10.8 Å². The molecule has 4 rings (SSSR count). The van der Waals surface area contributed by atoms with E-state index in [4.69, 9.17) is 0 Å². The van der Waals surface area contributed by atoms with Crippen LogP contribution >= 0.6 is 11.3 Å². The third kappa shape index (κ3) is 4.38. The molecule has 2 aromatic carbocycles. The summed E-state index contributed by atoms with van der Waals surface area (Å²) in [6.45, 7) is 6.24. The lowest BCUT2D eigenvalue weighted by molar-refractivity contribution is -0.117. The van der Waals surface area contributed by atoms with Crippen LogP contribution in [-0.4, -0.2) is 16.8 Å². The van der Waals surface area contributed by atoms with E-state index in [9.17, 15) is 9.59 Å². The zero-order valence-electron chi connectivity index (χ0n) is 16.7. The van der Waals surface area contributed by atoms with Gasteiger partial charge in [-0.05, 0) is 69.0 Å². The van der Waals surface area contributed by atoms with E-state index in [-0.39, 0.29) is 17.7 Å². The third-order valence-electron chi connectivity index (χ3n) is 5.02. The molecule has 1 fully saturated rings. The molecule has 2 amide bonds. The van der Waals surface area contributed by atoms with Gasteiger partial charge in [-0.3, -0.25) is 14.9 Å². The Kier molecular flexibility index (Phi) is 5.20. The van der Waals surface area contributed by atoms with E-state index in [2.05, 4.69) is 48.5 Å². The molecule has 1 aliphatic carbocycles. The summed E-state index contributed by atoms with van der Waals surface area (Å²) in [5.41, 5.74) is 6.80. The lowest BCUT2D eigenvalue weighted by Crippen LogP contribution is -2.14. The standard InChI is InChI=1S/C23H23N3O2S/c1-13-10-14(2)20(15(3)11-13)19-12-29-23(25-19)26-22(28)17-6-8-18(9-7-17)24-21(27)16-4-5-16/h6-12,16H,4-5H2,1-3H3,(H,24,27)(H,25,26,28). The van der Waals surface area contributed by atoms with Crippen LogP contribution in [0.3, 0.4) is 0 Å². The quantitative estimate of drug-likeness (QED) is 0.602. The predicted molar refractivity (Wildman–Crippen MR) is 118 cm³/mol. The fourth-order valence-corrected chi connectivity index (χ4v) is 4.19. The van der Waals surface area contributed by atoms with E-state index in [0.717, 1.165) is 24.1 Å². The van der Waals surface area contributed by atoms with Gasteiger partial charge in [0.1, 0.15) is 0 Å². The van der Waals surface area contributed by atoms with E-state index >= 15 is 0 Å². The third-order valence-corrected chi connectivity index (χ3v) is 5.78. The van der Waals surface area contributed by atoms with Crippen LogP contribution in [0.25, 0.3) is 11.3 Å². The van der Waals surface area contributed by atoms with Gasteiger partial charge in [0.25, 0.3) is 5.91 Å². The second-order valence-corrected chi connectivity index (χ2v) is 8.46. The van der Waals surface area contributed by atoms with E-state index < -0.39 is 0 Å². The summed E-state index contributed by atoms with van der Waals surface area (Å²) in [7, 11) is 0. The number of amides is 2. The highest BCUT2D eigenvalue weighted by molar-refractivity contribution is 7.14. The van der Waals surface area contributed by atoms with E-state index in [1.807, 2.05) is 5.38 Å². The smallest absolute Gasteiger partial charge is 0.257 e. The minimum Gasteiger partial charge on any atom is -0.326 e. The van der Waals surface area contributed by atoms with Crippen molar-refractivity contribution in [2.24, 2.45) is 5.92 Å². The molecule has 0 saturated heterocycles. The highest BCUT2D eigenvalue weighted by atomic mass is 32.1. The molecule has 1 aromatic heterocycles. The molecule has 2 N–H and O–H groups in total. The zero-order valence-corrected chi connectivity index (χ0v) is 17.5. The minimum absolute atomic E-state index is 0.0548. The number of hydrogen-bond acceptors (Lipinski definition) is 4. The van der Waals surface area contributed by atoms with Gasteiger partial charge in [0, 0.05) is 28.1 Å². The first kappa shape index (κ1) is 19.3. The number of anilines is 2. The second kappa shape index (κ2) is 7.79. The Bertz CT molecular complexity index is 1060. The van der Waals surface area contributed by atoms with Crippen molar-refractivity contribution in [1.82, 2.24) is 4.98 Å². The summed E-state index contributed by atoms with van der Waals surface area (Å²) < 4.78 is 0. The number of aromatic nitrogens is 1. The maximum absolute atomic E-state index is 12.6. The van der Waals surface area contributed by atoms with Gasteiger partial charge in [-0.2, -0.15) is 0 Å². The molecule has 0 unspecified atom stereocenters. The molecule has 0 atom stereocenters. The van der Waals surface area contributed by atoms with Gasteiger partial charge in [0.2, 0.25) is 5.91 Å². The molecular weight excluding hydrogens is 382 g/mol. The van der Waals surface area contributed by atoms with Gasteiger partial charge in [0.05, 0.1) is 5.69 Å². The molecule has 0 radical (unpaired) electrons. The van der Waals surface area contributed by atoms with Crippen molar-refractivity contribution in [3.05, 3.63) is 64.0 Å². The van der Waals surface area contributed by atoms with Gasteiger partial charge in [-0.15, -0.1) is 11.3 Å². The van der Waals surface area contributed by atoms with E-state index in [1.54, 1.807) is 24.3 Å². The SMILES string of the molecule is Cc1cc(C)c(-c2csc(NC(=O)c3ccc(NC(=O)C4CC4)cc3)n2)c(C)c1. The monoisotopic (exact) mass is 405 g/mol. The van der Waals surface area contributed by atoms with Crippen LogP contribution in [0.1, 0.15) is 39.9 Å². The van der Waals surface area contributed by atoms with Crippen molar-refractivity contribution in [2.75, 3.05) is 10.6 Å². The van der Waals surface area contributed by atoms with Gasteiger partial charge in [-0.1, -0.05) is 17.7 Å². The van der Waals surface area contributed by atoms with Crippen molar-refractivity contribution in [3.63, 3.8) is 0 Å². The molecule has 148 valence electrons.